The molecule has 0 spiro atoms. The van der Waals surface area contributed by atoms with E-state index in [0.29, 0.717) is 31.3 Å². The number of hydrogen-bond acceptors (Lipinski definition) is 3. The highest BCUT2D eigenvalue weighted by atomic mass is 16.3. The summed E-state index contributed by atoms with van der Waals surface area (Å²) in [4.78, 5) is 29.8. The average Bonchev–Trinajstić information content (AvgIpc) is 2.80. The van der Waals surface area contributed by atoms with Crippen LogP contribution in [0.3, 0.4) is 0 Å². The Hall–Kier alpha value is -2.00. The molecule has 2 bridgehead atoms. The Morgan fingerprint density at radius 1 is 0.921 bits per heavy atom. The summed E-state index contributed by atoms with van der Waals surface area (Å²) in [5.41, 5.74) is 2.53. The molecule has 3 heteroatoms. The van der Waals surface area contributed by atoms with Crippen LogP contribution in [0.15, 0.2) is 58.2 Å². The lowest BCUT2D eigenvalue weighted by Crippen LogP contribution is -2.71. The fraction of sp³-hybridized carbons (Fsp3) is 0.657. The first-order valence-corrected chi connectivity index (χ1v) is 14.6. The number of allylic oxidation sites excluding steroid dienone is 10. The maximum absolute atomic E-state index is 15.0. The predicted octanol–water partition coefficient (Wildman–Crippen LogP) is 8.90. The minimum absolute atomic E-state index is 0.0530. The van der Waals surface area contributed by atoms with E-state index < -0.39 is 22.3 Å². The highest BCUT2D eigenvalue weighted by Gasteiger charge is 2.73. The average molecular weight is 523 g/mol. The van der Waals surface area contributed by atoms with Crippen molar-refractivity contribution in [2.45, 2.75) is 121 Å². The van der Waals surface area contributed by atoms with Gasteiger partial charge in [0, 0.05) is 0 Å². The van der Waals surface area contributed by atoms with Gasteiger partial charge in [0.05, 0.1) is 11.5 Å². The normalized spacial score (nSPS) is 29.4. The molecule has 0 aromatic rings. The third-order valence-electron chi connectivity index (χ3n) is 9.03. The molecule has 212 valence electrons. The van der Waals surface area contributed by atoms with Crippen LogP contribution < -0.4 is 0 Å². The Balaban J connectivity index is 2.99. The van der Waals surface area contributed by atoms with Crippen molar-refractivity contribution in [1.82, 2.24) is 0 Å². The van der Waals surface area contributed by atoms with E-state index in [4.69, 9.17) is 0 Å². The zero-order valence-corrected chi connectivity index (χ0v) is 26.1. The van der Waals surface area contributed by atoms with Gasteiger partial charge in [0.2, 0.25) is 0 Å². The van der Waals surface area contributed by atoms with Gasteiger partial charge in [-0.1, -0.05) is 73.4 Å². The quantitative estimate of drug-likeness (QED) is 0.218. The molecule has 1 N–H and O–H groups in total. The number of aliphatic hydroxyl groups is 1. The number of carbonyl (C=O) groups excluding carboxylic acids is 2. The standard InChI is InChI=1S/C35H54O3/c1-23(2)13-12-19-33(11)29(17-15-25(5)6)22-34(20-18-26(7)8)21-28(16-14-24(3)4)31(37)35(33,32(34)38)30(36)27(9)10/h13-15,18,21,27,29-30,36H,12,16-17,19-20,22H2,1-11H3/t29-,30+,33+,34-,35+/m0/s1. The number of aliphatic hydroxyl groups excluding tert-OH is 1. The van der Waals surface area contributed by atoms with Crippen LogP contribution in [0, 0.1) is 28.1 Å². The van der Waals surface area contributed by atoms with Crippen LogP contribution >= 0.6 is 0 Å². The maximum Gasteiger partial charge on any atom is 0.175 e. The Kier molecular flexibility index (Phi) is 10.6. The third-order valence-corrected chi connectivity index (χ3v) is 9.03. The zero-order chi connectivity index (χ0) is 29.1. The van der Waals surface area contributed by atoms with Gasteiger partial charge in [0.15, 0.2) is 11.6 Å². The molecule has 2 aliphatic rings. The summed E-state index contributed by atoms with van der Waals surface area (Å²) in [6, 6.07) is 0. The van der Waals surface area contributed by atoms with Crippen molar-refractivity contribution in [3.05, 3.63) is 58.2 Å². The highest BCUT2D eigenvalue weighted by Crippen LogP contribution is 2.67. The van der Waals surface area contributed by atoms with Crippen LogP contribution in [0.1, 0.15) is 115 Å². The first-order chi connectivity index (χ1) is 17.5. The van der Waals surface area contributed by atoms with Crippen molar-refractivity contribution >= 4 is 11.6 Å². The van der Waals surface area contributed by atoms with Crippen LogP contribution in [-0.4, -0.2) is 22.8 Å². The van der Waals surface area contributed by atoms with Gasteiger partial charge < -0.3 is 5.11 Å². The molecule has 0 heterocycles. The Morgan fingerprint density at radius 3 is 1.97 bits per heavy atom. The van der Waals surface area contributed by atoms with E-state index in [-0.39, 0.29) is 23.4 Å². The van der Waals surface area contributed by atoms with Gasteiger partial charge in [-0.3, -0.25) is 9.59 Å². The van der Waals surface area contributed by atoms with Gasteiger partial charge in [-0.2, -0.15) is 0 Å². The minimum atomic E-state index is -1.47. The minimum Gasteiger partial charge on any atom is -0.391 e. The predicted molar refractivity (Wildman–Crippen MR) is 161 cm³/mol. The first-order valence-electron chi connectivity index (χ1n) is 14.6. The van der Waals surface area contributed by atoms with Gasteiger partial charge in [-0.15, -0.1) is 0 Å². The molecule has 1 saturated carbocycles. The fourth-order valence-corrected chi connectivity index (χ4v) is 6.85. The summed E-state index contributed by atoms with van der Waals surface area (Å²) >= 11 is 0. The topological polar surface area (TPSA) is 54.4 Å². The summed E-state index contributed by atoms with van der Waals surface area (Å²) in [5.74, 6) is -0.333. The molecule has 1 fully saturated rings. The second-order valence-electron chi connectivity index (χ2n) is 13.6. The molecule has 0 unspecified atom stereocenters. The Morgan fingerprint density at radius 2 is 1.47 bits per heavy atom. The maximum atomic E-state index is 15.0. The third kappa shape index (κ3) is 6.09. The van der Waals surface area contributed by atoms with Crippen molar-refractivity contribution < 1.29 is 14.7 Å². The summed E-state index contributed by atoms with van der Waals surface area (Å²) in [7, 11) is 0. The Labute approximate surface area is 233 Å². The second-order valence-corrected chi connectivity index (χ2v) is 13.6. The number of ketones is 2. The van der Waals surface area contributed by atoms with E-state index in [0.717, 1.165) is 24.0 Å². The molecule has 0 amide bonds. The molecule has 0 aliphatic heterocycles. The molecule has 3 nitrogen and oxygen atoms in total. The lowest BCUT2D eigenvalue weighted by molar-refractivity contribution is -0.191. The van der Waals surface area contributed by atoms with Crippen LogP contribution in [0.25, 0.3) is 0 Å². The summed E-state index contributed by atoms with van der Waals surface area (Å²) in [5, 5.41) is 12.1. The Bertz CT molecular complexity index is 1050. The lowest BCUT2D eigenvalue weighted by atomic mass is 9.38. The first kappa shape index (κ1) is 32.2. The van der Waals surface area contributed by atoms with Crippen molar-refractivity contribution in [3.8, 4) is 0 Å². The van der Waals surface area contributed by atoms with Crippen molar-refractivity contribution in [1.29, 1.82) is 0 Å². The van der Waals surface area contributed by atoms with Crippen LogP contribution in [-0.2, 0) is 9.59 Å². The molecule has 0 aromatic heterocycles. The smallest absolute Gasteiger partial charge is 0.175 e. The number of fused-ring (bicyclic) bond motifs is 2. The van der Waals surface area contributed by atoms with Crippen molar-refractivity contribution in [2.24, 2.45) is 28.1 Å². The van der Waals surface area contributed by atoms with Gasteiger partial charge in [0.1, 0.15) is 5.41 Å². The molecule has 2 aliphatic carbocycles. The summed E-state index contributed by atoms with van der Waals surface area (Å²) in [6.45, 7) is 22.6. The largest absolute Gasteiger partial charge is 0.391 e. The van der Waals surface area contributed by atoms with E-state index in [1.165, 1.54) is 11.1 Å². The molecular weight excluding hydrogens is 468 g/mol. The lowest BCUT2D eigenvalue weighted by Gasteiger charge is -2.63. The SMILES string of the molecule is CC(C)=CCC[C@]1(C)[C@@H](CC=C(C)C)C[C@]2(CC=C(C)C)C=C(CC=C(C)C)C(=O)[C@]1([C@H](O)C(C)C)C2=O. The molecular formula is C35H54O3. The number of rotatable bonds is 11. The van der Waals surface area contributed by atoms with Gasteiger partial charge in [-0.05, 0) is 117 Å². The molecule has 0 radical (unpaired) electrons. The van der Waals surface area contributed by atoms with Crippen molar-refractivity contribution in [2.75, 3.05) is 0 Å². The van der Waals surface area contributed by atoms with E-state index in [9.17, 15) is 14.7 Å². The fourth-order valence-electron chi connectivity index (χ4n) is 6.85. The molecule has 0 saturated heterocycles. The highest BCUT2D eigenvalue weighted by molar-refractivity contribution is 6.21. The summed E-state index contributed by atoms with van der Waals surface area (Å²) in [6.07, 6.45) is 13.7. The second kappa shape index (κ2) is 12.5. The summed E-state index contributed by atoms with van der Waals surface area (Å²) < 4.78 is 0. The van der Waals surface area contributed by atoms with Gasteiger partial charge in [0.25, 0.3) is 0 Å². The van der Waals surface area contributed by atoms with Gasteiger partial charge in [-0.25, -0.2) is 0 Å². The van der Waals surface area contributed by atoms with Crippen LogP contribution in [0.4, 0.5) is 0 Å². The van der Waals surface area contributed by atoms with Crippen molar-refractivity contribution in [3.63, 3.8) is 0 Å². The molecule has 2 rings (SSSR count). The molecule has 38 heavy (non-hydrogen) atoms. The van der Waals surface area contributed by atoms with E-state index >= 15 is 0 Å². The van der Waals surface area contributed by atoms with E-state index in [1.54, 1.807) is 0 Å². The zero-order valence-electron chi connectivity index (χ0n) is 26.1. The number of carbonyl (C=O) groups is 2. The van der Waals surface area contributed by atoms with Crippen LogP contribution in [0.5, 0.6) is 0 Å². The molecule has 0 aromatic carbocycles. The monoisotopic (exact) mass is 522 g/mol. The number of hydrogen-bond donors (Lipinski definition) is 1. The van der Waals surface area contributed by atoms with E-state index in [2.05, 4.69) is 72.8 Å². The number of Topliss-reactive ketones (excluding diaryl/α,β-unsaturated/α-hetero) is 2. The van der Waals surface area contributed by atoms with Gasteiger partial charge >= 0.3 is 0 Å². The van der Waals surface area contributed by atoms with Crippen LogP contribution in [0.2, 0.25) is 0 Å². The molecule has 5 atom stereocenters. The van der Waals surface area contributed by atoms with E-state index in [1.807, 2.05) is 33.8 Å².